The average Bonchev–Trinajstić information content (AvgIpc) is 3.07. The van der Waals surface area contributed by atoms with Crippen LogP contribution in [0.15, 0.2) is 35.5 Å². The van der Waals surface area contributed by atoms with Crippen molar-refractivity contribution >= 4 is 34.9 Å². The van der Waals surface area contributed by atoms with Gasteiger partial charge in [0, 0.05) is 24.4 Å². The second-order valence-electron chi connectivity index (χ2n) is 7.28. The first-order valence-corrected chi connectivity index (χ1v) is 10.1. The zero-order chi connectivity index (χ0) is 22.4. The predicted octanol–water partition coefficient (Wildman–Crippen LogP) is 5.75. The van der Waals surface area contributed by atoms with E-state index in [9.17, 15) is 18.0 Å². The molecule has 1 aromatic carbocycles. The van der Waals surface area contributed by atoms with E-state index in [0.29, 0.717) is 28.4 Å². The number of likely N-dealkylation sites (N-methyl/N-ethyl adjacent to an activating group) is 1. The molecule has 0 aliphatic carbocycles. The van der Waals surface area contributed by atoms with Crippen LogP contribution in [0, 0.1) is 0 Å². The van der Waals surface area contributed by atoms with Gasteiger partial charge in [0.05, 0.1) is 15.6 Å². The number of fused-ring (bicyclic) bond motifs is 1. The molecule has 3 rings (SSSR count). The molecule has 0 radical (unpaired) electrons. The van der Waals surface area contributed by atoms with Crippen LogP contribution in [0.2, 0.25) is 10.0 Å². The van der Waals surface area contributed by atoms with Gasteiger partial charge in [0.1, 0.15) is 11.9 Å². The average molecular weight is 461 g/mol. The molecular weight excluding hydrogens is 440 g/mol. The summed E-state index contributed by atoms with van der Waals surface area (Å²) in [5.41, 5.74) is 0.212. The monoisotopic (exact) mass is 460 g/mol. The van der Waals surface area contributed by atoms with Gasteiger partial charge < -0.3 is 10.2 Å². The number of rotatable bonds is 4. The second kappa shape index (κ2) is 8.15. The first-order chi connectivity index (χ1) is 14.0. The summed E-state index contributed by atoms with van der Waals surface area (Å²) in [6.45, 7) is 7.71. The number of amides is 1. The van der Waals surface area contributed by atoms with Crippen molar-refractivity contribution in [3.63, 3.8) is 0 Å². The highest BCUT2D eigenvalue weighted by Crippen LogP contribution is 2.41. The van der Waals surface area contributed by atoms with Crippen LogP contribution in [0.5, 0.6) is 0 Å². The number of anilines is 1. The minimum atomic E-state index is -4.63. The molecule has 1 unspecified atom stereocenters. The van der Waals surface area contributed by atoms with Crippen molar-refractivity contribution < 1.29 is 18.0 Å². The number of alkyl halides is 3. The summed E-state index contributed by atoms with van der Waals surface area (Å²) in [6.07, 6.45) is -4.63. The van der Waals surface area contributed by atoms with Crippen molar-refractivity contribution in [2.45, 2.75) is 46.0 Å². The maximum absolute atomic E-state index is 13.4. The Kier molecular flexibility index (Phi) is 6.11. The highest BCUT2D eigenvalue weighted by atomic mass is 35.5. The quantitative estimate of drug-likeness (QED) is 0.631. The molecule has 2 aromatic rings. The summed E-state index contributed by atoms with van der Waals surface area (Å²) in [7, 11) is 0. The molecule has 5 nitrogen and oxygen atoms in total. The van der Waals surface area contributed by atoms with Gasteiger partial charge in [-0.3, -0.25) is 4.79 Å². The van der Waals surface area contributed by atoms with Gasteiger partial charge >= 0.3 is 6.18 Å². The van der Waals surface area contributed by atoms with Crippen LogP contribution in [-0.2, 0) is 11.0 Å². The summed E-state index contributed by atoms with van der Waals surface area (Å²) in [4.78, 5) is 15.1. The Balaban J connectivity index is 2.23. The highest BCUT2D eigenvalue weighted by molar-refractivity contribution is 6.42. The Morgan fingerprint density at radius 2 is 1.93 bits per heavy atom. The molecule has 1 aromatic heterocycles. The lowest BCUT2D eigenvalue weighted by Crippen LogP contribution is -2.41. The Labute approximate surface area is 182 Å². The predicted molar refractivity (Wildman–Crippen MR) is 111 cm³/mol. The van der Waals surface area contributed by atoms with Gasteiger partial charge in [-0.2, -0.15) is 18.3 Å². The SMILES string of the molecule is CCN(C(=O)C1=C(C)Nc2cc(C(F)(F)F)nn2C1c1ccc(Cl)c(Cl)c1)C(C)C. The third-order valence-electron chi connectivity index (χ3n) is 4.98. The Morgan fingerprint density at radius 3 is 2.47 bits per heavy atom. The van der Waals surface area contributed by atoms with Gasteiger partial charge in [0.2, 0.25) is 0 Å². The molecule has 30 heavy (non-hydrogen) atoms. The molecule has 0 saturated heterocycles. The number of nitrogens with one attached hydrogen (secondary N) is 1. The van der Waals surface area contributed by atoms with E-state index in [1.54, 1.807) is 30.0 Å². The van der Waals surface area contributed by atoms with Gasteiger partial charge in [-0.05, 0) is 45.4 Å². The number of nitrogens with zero attached hydrogens (tertiary/aromatic N) is 3. The van der Waals surface area contributed by atoms with E-state index in [1.165, 1.54) is 4.68 Å². The van der Waals surface area contributed by atoms with E-state index in [-0.39, 0.29) is 22.8 Å². The molecule has 1 atom stereocenters. The smallest absolute Gasteiger partial charge is 0.344 e. The summed E-state index contributed by atoms with van der Waals surface area (Å²) in [5, 5.41) is 7.21. The van der Waals surface area contributed by atoms with Crippen LogP contribution >= 0.6 is 23.2 Å². The lowest BCUT2D eigenvalue weighted by molar-refractivity contribution is -0.141. The second-order valence-corrected chi connectivity index (χ2v) is 8.10. The number of carbonyl (C=O) groups excluding carboxylic acids is 1. The number of benzene rings is 1. The van der Waals surface area contributed by atoms with Crippen LogP contribution in [-0.4, -0.2) is 33.2 Å². The molecule has 0 saturated carbocycles. The van der Waals surface area contributed by atoms with E-state index in [0.717, 1.165) is 6.07 Å². The fourth-order valence-electron chi connectivity index (χ4n) is 3.58. The maximum atomic E-state index is 13.4. The van der Waals surface area contributed by atoms with Crippen molar-refractivity contribution in [2.75, 3.05) is 11.9 Å². The first-order valence-electron chi connectivity index (χ1n) is 9.36. The molecule has 10 heteroatoms. The summed E-state index contributed by atoms with van der Waals surface area (Å²) >= 11 is 12.2. The third kappa shape index (κ3) is 4.03. The Hall–Kier alpha value is -2.19. The van der Waals surface area contributed by atoms with Crippen molar-refractivity contribution in [3.8, 4) is 0 Å². The number of aromatic nitrogens is 2. The summed E-state index contributed by atoms with van der Waals surface area (Å²) in [5.74, 6) is -0.150. The van der Waals surface area contributed by atoms with Crippen LogP contribution in [0.1, 0.15) is 45.0 Å². The minimum absolute atomic E-state index is 0.0954. The van der Waals surface area contributed by atoms with Gasteiger partial charge in [-0.25, -0.2) is 4.68 Å². The molecule has 1 N–H and O–H groups in total. The molecule has 1 aliphatic heterocycles. The molecule has 0 bridgehead atoms. The zero-order valence-electron chi connectivity index (χ0n) is 16.8. The van der Waals surface area contributed by atoms with Gasteiger partial charge in [-0.15, -0.1) is 0 Å². The van der Waals surface area contributed by atoms with Crippen molar-refractivity contribution in [2.24, 2.45) is 0 Å². The van der Waals surface area contributed by atoms with Crippen molar-refractivity contribution in [3.05, 3.63) is 56.8 Å². The van der Waals surface area contributed by atoms with Crippen molar-refractivity contribution in [1.82, 2.24) is 14.7 Å². The van der Waals surface area contributed by atoms with E-state index in [4.69, 9.17) is 23.2 Å². The lowest BCUT2D eigenvalue weighted by atomic mass is 9.94. The Morgan fingerprint density at radius 1 is 1.27 bits per heavy atom. The molecule has 162 valence electrons. The van der Waals surface area contributed by atoms with Crippen LogP contribution in [0.25, 0.3) is 0 Å². The summed E-state index contributed by atoms with van der Waals surface area (Å²) < 4.78 is 41.2. The fourth-order valence-corrected chi connectivity index (χ4v) is 3.88. The normalized spacial score (nSPS) is 16.5. The topological polar surface area (TPSA) is 50.2 Å². The zero-order valence-corrected chi connectivity index (χ0v) is 18.3. The van der Waals surface area contributed by atoms with E-state index >= 15 is 0 Å². The Bertz CT molecular complexity index is 1010. The highest BCUT2D eigenvalue weighted by Gasteiger charge is 2.40. The van der Waals surface area contributed by atoms with Crippen LogP contribution < -0.4 is 5.32 Å². The standard InChI is InChI=1S/C20H21Cl2F3N4O/c1-5-28(10(2)3)19(30)17-11(4)26-16-9-15(20(23,24)25)27-29(16)18(17)12-6-7-13(21)14(22)8-12/h6-10,18,26H,5H2,1-4H3. The van der Waals surface area contributed by atoms with Gasteiger partial charge in [0.15, 0.2) is 5.69 Å². The van der Waals surface area contributed by atoms with Gasteiger partial charge in [0.25, 0.3) is 5.91 Å². The van der Waals surface area contributed by atoms with E-state index < -0.39 is 17.9 Å². The molecule has 0 spiro atoms. The first kappa shape index (κ1) is 22.5. The minimum Gasteiger partial charge on any atom is -0.344 e. The molecular formula is C20H21Cl2F3N4O. The number of halogens is 5. The number of allylic oxidation sites excluding steroid dienone is 1. The fraction of sp³-hybridized carbons (Fsp3) is 0.400. The number of hydrogen-bond donors (Lipinski definition) is 1. The van der Waals surface area contributed by atoms with Crippen molar-refractivity contribution in [1.29, 1.82) is 0 Å². The third-order valence-corrected chi connectivity index (χ3v) is 5.72. The molecule has 1 aliphatic rings. The maximum Gasteiger partial charge on any atom is 0.435 e. The summed E-state index contributed by atoms with van der Waals surface area (Å²) in [6, 6.07) is 4.66. The van der Waals surface area contributed by atoms with Gasteiger partial charge in [-0.1, -0.05) is 29.3 Å². The number of carbonyl (C=O) groups is 1. The van der Waals surface area contributed by atoms with E-state index in [2.05, 4.69) is 10.4 Å². The lowest BCUT2D eigenvalue weighted by Gasteiger charge is -2.34. The van der Waals surface area contributed by atoms with Crippen LogP contribution in [0.4, 0.5) is 19.0 Å². The van der Waals surface area contributed by atoms with Crippen LogP contribution in [0.3, 0.4) is 0 Å². The van der Waals surface area contributed by atoms with E-state index in [1.807, 2.05) is 20.8 Å². The molecule has 1 amide bonds. The molecule has 2 heterocycles. The molecule has 0 fully saturated rings. The largest absolute Gasteiger partial charge is 0.435 e. The number of hydrogen-bond acceptors (Lipinski definition) is 3.